The molecule has 0 aliphatic rings. The molecule has 1 N–H and O–H groups in total. The Labute approximate surface area is 130 Å². The number of carbonyl (C=O) groups excluding carboxylic acids is 1. The summed E-state index contributed by atoms with van der Waals surface area (Å²) in [6.45, 7) is 0. The Bertz CT molecular complexity index is 634. The number of nitrogens with one attached hydrogen (secondary N) is 1. The number of anilines is 1. The van der Waals surface area contributed by atoms with E-state index in [1.165, 1.54) is 36.0 Å². The second kappa shape index (κ2) is 7.43. The minimum Gasteiger partial charge on any atom is -0.323 e. The van der Waals surface area contributed by atoms with Crippen LogP contribution in [0.4, 0.5) is 14.5 Å². The van der Waals surface area contributed by atoms with E-state index in [0.717, 1.165) is 11.6 Å². The Hall–Kier alpha value is -1.59. The number of halogens is 3. The van der Waals surface area contributed by atoms with E-state index in [1.54, 1.807) is 12.1 Å². The summed E-state index contributed by atoms with van der Waals surface area (Å²) in [5.74, 6) is -0.404. The molecular weight excluding hydrogens is 316 g/mol. The predicted molar refractivity (Wildman–Crippen MR) is 82.6 cm³/mol. The van der Waals surface area contributed by atoms with Crippen LogP contribution < -0.4 is 5.32 Å². The molecule has 0 saturated carbocycles. The highest BCUT2D eigenvalue weighted by Crippen LogP contribution is 2.19. The van der Waals surface area contributed by atoms with Gasteiger partial charge in [0.15, 0.2) is 0 Å². The van der Waals surface area contributed by atoms with Crippen LogP contribution in [0, 0.1) is 11.6 Å². The fourth-order valence-electron chi connectivity index (χ4n) is 1.62. The van der Waals surface area contributed by atoms with Crippen molar-refractivity contribution in [1.29, 1.82) is 0 Å². The fourth-order valence-corrected chi connectivity index (χ4v) is 2.57. The van der Waals surface area contributed by atoms with Crippen LogP contribution in [0.5, 0.6) is 0 Å². The first-order valence-electron chi connectivity index (χ1n) is 6.11. The van der Waals surface area contributed by atoms with Crippen LogP contribution in [0.1, 0.15) is 5.56 Å². The first kappa shape index (κ1) is 15.8. The van der Waals surface area contributed by atoms with Gasteiger partial charge in [0.05, 0.1) is 11.4 Å². The van der Waals surface area contributed by atoms with Gasteiger partial charge in [0.2, 0.25) is 5.91 Å². The minimum absolute atomic E-state index is 0.104. The molecule has 0 spiro atoms. The zero-order valence-electron chi connectivity index (χ0n) is 10.9. The summed E-state index contributed by atoms with van der Waals surface area (Å²) >= 11 is 7.00. The number of carbonyl (C=O) groups is 1. The molecular formula is C15H12ClF2NOS. The van der Waals surface area contributed by atoms with Gasteiger partial charge in [-0.05, 0) is 35.9 Å². The Kier molecular flexibility index (Phi) is 5.59. The lowest BCUT2D eigenvalue weighted by atomic mass is 10.2. The van der Waals surface area contributed by atoms with Crippen molar-refractivity contribution in [2.24, 2.45) is 0 Å². The Balaban J connectivity index is 1.81. The number of thioether (sulfide) groups is 1. The van der Waals surface area contributed by atoms with E-state index in [2.05, 4.69) is 5.32 Å². The van der Waals surface area contributed by atoms with Gasteiger partial charge in [-0.15, -0.1) is 11.8 Å². The molecule has 21 heavy (non-hydrogen) atoms. The summed E-state index contributed by atoms with van der Waals surface area (Å²) in [5, 5.41) is 2.75. The molecule has 6 heteroatoms. The summed E-state index contributed by atoms with van der Waals surface area (Å²) in [6, 6.07) is 10.1. The number of hydrogen-bond acceptors (Lipinski definition) is 2. The SMILES string of the molecule is O=C(CSCc1ccc(F)cc1)Nc1ccc(Cl)cc1F. The molecule has 0 heterocycles. The molecule has 2 nitrogen and oxygen atoms in total. The van der Waals surface area contributed by atoms with Crippen molar-refractivity contribution < 1.29 is 13.6 Å². The first-order chi connectivity index (χ1) is 10.0. The lowest BCUT2D eigenvalue weighted by Gasteiger charge is -2.06. The third kappa shape index (κ3) is 5.02. The molecule has 0 radical (unpaired) electrons. The molecule has 0 atom stereocenters. The molecule has 2 aromatic carbocycles. The first-order valence-corrected chi connectivity index (χ1v) is 7.65. The van der Waals surface area contributed by atoms with Gasteiger partial charge in [-0.1, -0.05) is 23.7 Å². The van der Waals surface area contributed by atoms with Crippen molar-refractivity contribution in [1.82, 2.24) is 0 Å². The summed E-state index contributed by atoms with van der Waals surface area (Å²) in [6.07, 6.45) is 0. The summed E-state index contributed by atoms with van der Waals surface area (Å²) in [4.78, 5) is 11.7. The second-order valence-electron chi connectivity index (χ2n) is 4.29. The second-order valence-corrected chi connectivity index (χ2v) is 5.71. The summed E-state index contributed by atoms with van der Waals surface area (Å²) < 4.78 is 26.2. The van der Waals surface area contributed by atoms with E-state index in [9.17, 15) is 13.6 Å². The normalized spacial score (nSPS) is 10.4. The monoisotopic (exact) mass is 327 g/mol. The van der Waals surface area contributed by atoms with Crippen molar-refractivity contribution in [3.8, 4) is 0 Å². The van der Waals surface area contributed by atoms with Gasteiger partial charge in [-0.3, -0.25) is 4.79 Å². The van der Waals surface area contributed by atoms with Crippen LogP contribution in [0.3, 0.4) is 0 Å². The van der Waals surface area contributed by atoms with Crippen LogP contribution in [-0.4, -0.2) is 11.7 Å². The summed E-state index contributed by atoms with van der Waals surface area (Å²) in [7, 11) is 0. The van der Waals surface area contributed by atoms with Crippen molar-refractivity contribution in [2.45, 2.75) is 5.75 Å². The molecule has 0 unspecified atom stereocenters. The highest BCUT2D eigenvalue weighted by Gasteiger charge is 2.07. The van der Waals surface area contributed by atoms with E-state index >= 15 is 0 Å². The van der Waals surface area contributed by atoms with Gasteiger partial charge in [-0.25, -0.2) is 8.78 Å². The van der Waals surface area contributed by atoms with E-state index in [4.69, 9.17) is 11.6 Å². The van der Waals surface area contributed by atoms with E-state index < -0.39 is 5.82 Å². The van der Waals surface area contributed by atoms with Crippen LogP contribution >= 0.6 is 23.4 Å². The van der Waals surface area contributed by atoms with E-state index in [0.29, 0.717) is 5.75 Å². The largest absolute Gasteiger partial charge is 0.323 e. The topological polar surface area (TPSA) is 29.1 Å². The Morgan fingerprint density at radius 3 is 2.52 bits per heavy atom. The van der Waals surface area contributed by atoms with Gasteiger partial charge in [0, 0.05) is 10.8 Å². The maximum Gasteiger partial charge on any atom is 0.234 e. The number of hydrogen-bond donors (Lipinski definition) is 1. The fraction of sp³-hybridized carbons (Fsp3) is 0.133. The number of amides is 1. The molecule has 2 rings (SSSR count). The van der Waals surface area contributed by atoms with Crippen LogP contribution in [-0.2, 0) is 10.5 Å². The van der Waals surface area contributed by atoms with Crippen LogP contribution in [0.15, 0.2) is 42.5 Å². The Morgan fingerprint density at radius 2 is 1.86 bits per heavy atom. The van der Waals surface area contributed by atoms with Gasteiger partial charge < -0.3 is 5.32 Å². The molecule has 110 valence electrons. The molecule has 0 aromatic heterocycles. The number of rotatable bonds is 5. The molecule has 0 aliphatic heterocycles. The van der Waals surface area contributed by atoms with E-state index in [-0.39, 0.29) is 28.2 Å². The zero-order valence-corrected chi connectivity index (χ0v) is 12.5. The van der Waals surface area contributed by atoms with Gasteiger partial charge in [0.1, 0.15) is 11.6 Å². The van der Waals surface area contributed by atoms with Crippen molar-refractivity contribution >= 4 is 35.0 Å². The van der Waals surface area contributed by atoms with Crippen molar-refractivity contribution in [3.63, 3.8) is 0 Å². The lowest BCUT2D eigenvalue weighted by Crippen LogP contribution is -2.15. The molecule has 2 aromatic rings. The van der Waals surface area contributed by atoms with Gasteiger partial charge in [0.25, 0.3) is 0 Å². The molecule has 1 amide bonds. The highest BCUT2D eigenvalue weighted by atomic mass is 35.5. The third-order valence-corrected chi connectivity index (χ3v) is 3.86. The van der Waals surface area contributed by atoms with Crippen molar-refractivity contribution in [3.05, 3.63) is 64.7 Å². The summed E-state index contributed by atoms with van der Waals surface area (Å²) in [5.41, 5.74) is 1.03. The average Bonchev–Trinajstić information content (AvgIpc) is 2.44. The lowest BCUT2D eigenvalue weighted by molar-refractivity contribution is -0.113. The quantitative estimate of drug-likeness (QED) is 0.876. The minimum atomic E-state index is -0.570. The van der Waals surface area contributed by atoms with E-state index in [1.807, 2.05) is 0 Å². The maximum atomic E-state index is 13.5. The smallest absolute Gasteiger partial charge is 0.234 e. The molecule has 0 saturated heterocycles. The van der Waals surface area contributed by atoms with Gasteiger partial charge in [-0.2, -0.15) is 0 Å². The maximum absolute atomic E-state index is 13.5. The predicted octanol–water partition coefficient (Wildman–Crippen LogP) is 4.49. The highest BCUT2D eigenvalue weighted by molar-refractivity contribution is 7.99. The average molecular weight is 328 g/mol. The zero-order chi connectivity index (χ0) is 15.2. The van der Waals surface area contributed by atoms with Gasteiger partial charge >= 0.3 is 0 Å². The molecule has 0 bridgehead atoms. The Morgan fingerprint density at radius 1 is 1.14 bits per heavy atom. The van der Waals surface area contributed by atoms with Crippen LogP contribution in [0.2, 0.25) is 5.02 Å². The van der Waals surface area contributed by atoms with Crippen LogP contribution in [0.25, 0.3) is 0 Å². The molecule has 0 aliphatic carbocycles. The number of benzene rings is 2. The third-order valence-electron chi connectivity index (χ3n) is 2.62. The molecule has 0 fully saturated rings. The van der Waals surface area contributed by atoms with Crippen molar-refractivity contribution in [2.75, 3.05) is 11.1 Å². The standard InChI is InChI=1S/C15H12ClF2NOS/c16-11-3-6-14(13(18)7-11)19-15(20)9-21-8-10-1-4-12(17)5-2-10/h1-7H,8-9H2,(H,19,20).